The Morgan fingerprint density at radius 1 is 1.38 bits per heavy atom. The van der Waals surface area contributed by atoms with Crippen LogP contribution in [0.15, 0.2) is 28.1 Å². The first kappa shape index (κ1) is 15.1. The number of nitrogens with zero attached hydrogens (tertiary/aromatic N) is 2. The summed E-state index contributed by atoms with van der Waals surface area (Å²) >= 11 is 0. The summed E-state index contributed by atoms with van der Waals surface area (Å²) in [5, 5.41) is 11.4. The minimum Gasteiger partial charge on any atom is -0.481 e. The van der Waals surface area contributed by atoms with Crippen LogP contribution in [0.5, 0.6) is 0 Å². The Morgan fingerprint density at radius 3 is 2.71 bits per heavy atom. The summed E-state index contributed by atoms with van der Waals surface area (Å²) in [4.78, 5) is 16.3. The van der Waals surface area contributed by atoms with Gasteiger partial charge < -0.3 is 15.3 Å². The van der Waals surface area contributed by atoms with Gasteiger partial charge in [-0.2, -0.15) is 0 Å². The number of carboxylic acids is 1. The van der Waals surface area contributed by atoms with Crippen LogP contribution in [0.3, 0.4) is 0 Å². The molecular weight excluding hydrogens is 296 g/mol. The van der Waals surface area contributed by atoms with Gasteiger partial charge in [-0.15, -0.1) is 0 Å². The van der Waals surface area contributed by atoms with E-state index in [4.69, 9.17) is 5.11 Å². The number of rotatable bonds is 4. The molecule has 0 amide bonds. The molecule has 0 fully saturated rings. The molecular formula is C12H16N4O4S. The molecule has 0 aromatic heterocycles. The van der Waals surface area contributed by atoms with E-state index in [-0.39, 0.29) is 23.8 Å². The summed E-state index contributed by atoms with van der Waals surface area (Å²) in [6.07, 6.45) is -0.167. The zero-order chi connectivity index (χ0) is 15.6. The van der Waals surface area contributed by atoms with E-state index < -0.39 is 16.0 Å². The second-order valence-electron chi connectivity index (χ2n) is 4.68. The van der Waals surface area contributed by atoms with Crippen LogP contribution in [0.4, 0.5) is 11.4 Å². The summed E-state index contributed by atoms with van der Waals surface area (Å²) < 4.78 is 26.7. The van der Waals surface area contributed by atoms with Gasteiger partial charge in [-0.05, 0) is 18.2 Å². The van der Waals surface area contributed by atoms with E-state index in [9.17, 15) is 13.2 Å². The molecule has 114 valence electrons. The fraction of sp³-hybridized carbons (Fsp3) is 0.333. The van der Waals surface area contributed by atoms with Crippen LogP contribution >= 0.6 is 0 Å². The highest BCUT2D eigenvalue weighted by atomic mass is 32.2. The molecule has 3 N–H and O–H groups in total. The molecule has 0 saturated carbocycles. The predicted molar refractivity (Wildman–Crippen MR) is 79.3 cm³/mol. The number of sulfonamides is 1. The zero-order valence-corrected chi connectivity index (χ0v) is 12.4. The quantitative estimate of drug-likeness (QED) is 0.737. The summed E-state index contributed by atoms with van der Waals surface area (Å²) in [6.45, 7) is -0.00863. The number of hydrogen-bond acceptors (Lipinski definition) is 5. The van der Waals surface area contributed by atoms with Gasteiger partial charge in [0.2, 0.25) is 5.96 Å². The van der Waals surface area contributed by atoms with Crippen molar-refractivity contribution in [2.75, 3.05) is 30.9 Å². The number of aliphatic carboxylic acids is 1. The molecule has 1 aromatic carbocycles. The van der Waals surface area contributed by atoms with E-state index in [2.05, 4.69) is 15.0 Å². The number of hydrogen-bond donors (Lipinski definition) is 3. The van der Waals surface area contributed by atoms with E-state index in [0.717, 1.165) is 5.69 Å². The Morgan fingerprint density at radius 2 is 2.10 bits per heavy atom. The number of fused-ring (bicyclic) bond motifs is 1. The van der Waals surface area contributed by atoms with Crippen molar-refractivity contribution in [3.63, 3.8) is 0 Å². The summed E-state index contributed by atoms with van der Waals surface area (Å²) in [6, 6.07) is 4.98. The van der Waals surface area contributed by atoms with Crippen molar-refractivity contribution in [2.45, 2.75) is 11.3 Å². The summed E-state index contributed by atoms with van der Waals surface area (Å²) in [5.74, 6) is -0.963. The van der Waals surface area contributed by atoms with E-state index in [1.54, 1.807) is 23.1 Å². The van der Waals surface area contributed by atoms with Crippen molar-refractivity contribution in [1.29, 1.82) is 0 Å². The van der Waals surface area contributed by atoms with Crippen LogP contribution in [-0.4, -0.2) is 46.1 Å². The molecule has 1 aromatic rings. The SMILES string of the molecule is CN(C)c1ccc2c(c1)S(=O)(=O)NC(=NCCC(=O)O)N2. The number of guanidine groups is 1. The first-order valence-electron chi connectivity index (χ1n) is 6.17. The van der Waals surface area contributed by atoms with E-state index in [1.807, 2.05) is 14.1 Å². The van der Waals surface area contributed by atoms with Crippen molar-refractivity contribution in [3.05, 3.63) is 18.2 Å². The number of aliphatic imine (C=N–C) groups is 1. The van der Waals surface area contributed by atoms with E-state index in [1.165, 1.54) is 0 Å². The summed E-state index contributed by atoms with van der Waals surface area (Å²) in [7, 11) is -0.0827. The van der Waals surface area contributed by atoms with Crippen molar-refractivity contribution in [2.24, 2.45) is 4.99 Å². The molecule has 8 nitrogen and oxygen atoms in total. The molecule has 0 aliphatic carbocycles. The Bertz CT molecular complexity index is 697. The van der Waals surface area contributed by atoms with Crippen molar-refractivity contribution in [3.8, 4) is 0 Å². The third kappa shape index (κ3) is 3.43. The van der Waals surface area contributed by atoms with Crippen LogP contribution < -0.4 is 14.9 Å². The highest BCUT2D eigenvalue weighted by Crippen LogP contribution is 2.28. The third-order valence-corrected chi connectivity index (χ3v) is 4.23. The summed E-state index contributed by atoms with van der Waals surface area (Å²) in [5.41, 5.74) is 1.17. The lowest BCUT2D eigenvalue weighted by atomic mass is 10.2. The second-order valence-corrected chi connectivity index (χ2v) is 6.33. The first-order chi connectivity index (χ1) is 9.79. The van der Waals surface area contributed by atoms with Crippen molar-refractivity contribution in [1.82, 2.24) is 4.72 Å². The van der Waals surface area contributed by atoms with Gasteiger partial charge in [0.15, 0.2) is 0 Å². The molecule has 0 saturated heterocycles. The first-order valence-corrected chi connectivity index (χ1v) is 7.65. The largest absolute Gasteiger partial charge is 0.481 e. The maximum atomic E-state index is 12.2. The van der Waals surface area contributed by atoms with Crippen molar-refractivity contribution < 1.29 is 18.3 Å². The molecule has 2 rings (SSSR count). The molecule has 9 heteroatoms. The molecule has 0 radical (unpaired) electrons. The van der Waals surface area contributed by atoms with Crippen LogP contribution in [0, 0.1) is 0 Å². The number of anilines is 2. The minimum atomic E-state index is -3.72. The molecule has 1 heterocycles. The van der Waals surface area contributed by atoms with Gasteiger partial charge in [-0.1, -0.05) is 0 Å². The smallest absolute Gasteiger partial charge is 0.305 e. The monoisotopic (exact) mass is 312 g/mol. The van der Waals surface area contributed by atoms with E-state index in [0.29, 0.717) is 5.69 Å². The minimum absolute atomic E-state index is 0.00863. The number of carboxylic acid groups (broad SMARTS) is 1. The Labute approximate surface area is 122 Å². The van der Waals surface area contributed by atoms with Gasteiger partial charge in [0.05, 0.1) is 18.7 Å². The van der Waals surface area contributed by atoms with Gasteiger partial charge >= 0.3 is 5.97 Å². The standard InChI is InChI=1S/C12H16N4O4S/c1-16(2)8-3-4-9-10(7-8)21(19,20)15-12(14-9)13-6-5-11(17)18/h3-4,7H,5-6H2,1-2H3,(H,17,18)(H2,13,14,15). The lowest BCUT2D eigenvalue weighted by Gasteiger charge is -2.23. The number of nitrogens with one attached hydrogen (secondary N) is 2. The van der Waals surface area contributed by atoms with Crippen molar-refractivity contribution >= 4 is 33.3 Å². The van der Waals surface area contributed by atoms with Gasteiger partial charge in [0.1, 0.15) is 4.90 Å². The molecule has 21 heavy (non-hydrogen) atoms. The van der Waals surface area contributed by atoms with E-state index >= 15 is 0 Å². The Kier molecular flexibility index (Phi) is 4.03. The lowest BCUT2D eigenvalue weighted by molar-refractivity contribution is -0.136. The highest BCUT2D eigenvalue weighted by molar-refractivity contribution is 7.90. The average Bonchev–Trinajstić information content (AvgIpc) is 2.37. The maximum absolute atomic E-state index is 12.2. The number of carbonyl (C=O) groups is 1. The molecule has 1 aliphatic rings. The molecule has 0 unspecified atom stereocenters. The van der Waals surface area contributed by atoms with Gasteiger partial charge in [0.25, 0.3) is 10.0 Å². The highest BCUT2D eigenvalue weighted by Gasteiger charge is 2.27. The molecule has 1 aliphatic heterocycles. The normalized spacial score (nSPS) is 17.5. The Balaban J connectivity index is 2.31. The molecule has 0 atom stereocenters. The van der Waals surface area contributed by atoms with Gasteiger partial charge in [-0.3, -0.25) is 9.79 Å². The van der Waals surface area contributed by atoms with Crippen LogP contribution in [0.2, 0.25) is 0 Å². The fourth-order valence-electron chi connectivity index (χ4n) is 1.79. The van der Waals surface area contributed by atoms with Crippen LogP contribution in [0.1, 0.15) is 6.42 Å². The lowest BCUT2D eigenvalue weighted by Crippen LogP contribution is -2.41. The topological polar surface area (TPSA) is 111 Å². The van der Waals surface area contributed by atoms with Gasteiger partial charge in [-0.25, -0.2) is 13.1 Å². The van der Waals surface area contributed by atoms with Crippen LogP contribution in [-0.2, 0) is 14.8 Å². The molecule has 0 bridgehead atoms. The Hall–Kier alpha value is -2.29. The van der Waals surface area contributed by atoms with Gasteiger partial charge in [0, 0.05) is 19.8 Å². The number of benzene rings is 1. The third-order valence-electron chi connectivity index (χ3n) is 2.85. The van der Waals surface area contributed by atoms with Crippen LogP contribution in [0.25, 0.3) is 0 Å². The average molecular weight is 312 g/mol. The maximum Gasteiger partial charge on any atom is 0.305 e. The predicted octanol–water partition coefficient (Wildman–Crippen LogP) is 0.287. The fourth-order valence-corrected chi connectivity index (χ4v) is 2.95. The molecule has 0 spiro atoms. The second kappa shape index (κ2) is 5.60. The zero-order valence-electron chi connectivity index (χ0n) is 11.6.